The van der Waals surface area contributed by atoms with Gasteiger partial charge in [0.15, 0.2) is 0 Å². The van der Waals surface area contributed by atoms with Crippen molar-refractivity contribution >= 4 is 0 Å². The fraction of sp³-hybridized carbons (Fsp3) is 0.615. The summed E-state index contributed by atoms with van der Waals surface area (Å²) in [5.41, 5.74) is 6.72. The summed E-state index contributed by atoms with van der Waals surface area (Å²) in [5, 5.41) is 0. The molecule has 2 nitrogen and oxygen atoms in total. The van der Waals surface area contributed by atoms with Crippen LogP contribution in [0, 0.1) is 11.7 Å². The fourth-order valence-corrected chi connectivity index (χ4v) is 1.87. The largest absolute Gasteiger partial charge is 0.320 e. The van der Waals surface area contributed by atoms with Gasteiger partial charge < -0.3 is 5.73 Å². The maximum atomic E-state index is 12.8. The summed E-state index contributed by atoms with van der Waals surface area (Å²) in [4.78, 5) is 4.11. The SMILES string of the molecule is CCC(C)CC(N)(CC)c1ccc(F)cn1. The number of hydrogen-bond donors (Lipinski definition) is 1. The third-order valence-electron chi connectivity index (χ3n) is 3.28. The second kappa shape index (κ2) is 5.39. The van der Waals surface area contributed by atoms with Crippen molar-refractivity contribution in [1.82, 2.24) is 4.98 Å². The van der Waals surface area contributed by atoms with Crippen LogP contribution in [0.25, 0.3) is 0 Å². The minimum atomic E-state index is -0.427. The predicted octanol–water partition coefficient (Wildman–Crippen LogP) is 3.22. The molecule has 1 heterocycles. The molecule has 0 aliphatic rings. The van der Waals surface area contributed by atoms with Crippen LogP contribution in [0.1, 0.15) is 45.7 Å². The van der Waals surface area contributed by atoms with Gasteiger partial charge in [-0.2, -0.15) is 0 Å². The quantitative estimate of drug-likeness (QED) is 0.834. The molecule has 2 atom stereocenters. The van der Waals surface area contributed by atoms with Gasteiger partial charge in [-0.3, -0.25) is 4.98 Å². The van der Waals surface area contributed by atoms with Crippen LogP contribution in [0.5, 0.6) is 0 Å². The first kappa shape index (κ1) is 13.1. The Bertz CT molecular complexity index is 323. The summed E-state index contributed by atoms with van der Waals surface area (Å²) < 4.78 is 12.8. The van der Waals surface area contributed by atoms with Gasteiger partial charge in [-0.15, -0.1) is 0 Å². The zero-order valence-electron chi connectivity index (χ0n) is 10.3. The molecule has 1 aromatic rings. The first-order chi connectivity index (χ1) is 7.51. The van der Waals surface area contributed by atoms with E-state index in [-0.39, 0.29) is 5.82 Å². The standard InChI is InChI=1S/C13H21FN2/c1-4-10(3)8-13(15,5-2)12-7-6-11(14)9-16-12/h6-7,9-10H,4-5,8,15H2,1-3H3. The molecule has 0 radical (unpaired) electrons. The highest BCUT2D eigenvalue weighted by Gasteiger charge is 2.28. The van der Waals surface area contributed by atoms with Crippen molar-refractivity contribution in [3.05, 3.63) is 29.8 Å². The molecule has 0 aliphatic heterocycles. The van der Waals surface area contributed by atoms with Gasteiger partial charge in [0, 0.05) is 0 Å². The molecule has 0 saturated heterocycles. The number of aromatic nitrogens is 1. The minimum absolute atomic E-state index is 0.314. The van der Waals surface area contributed by atoms with Crippen LogP contribution >= 0.6 is 0 Å². The molecule has 0 amide bonds. The van der Waals surface area contributed by atoms with E-state index in [1.165, 1.54) is 12.3 Å². The third kappa shape index (κ3) is 3.01. The molecular weight excluding hydrogens is 203 g/mol. The van der Waals surface area contributed by atoms with Gasteiger partial charge in [0.25, 0.3) is 0 Å². The highest BCUT2D eigenvalue weighted by Crippen LogP contribution is 2.29. The van der Waals surface area contributed by atoms with Gasteiger partial charge in [0.05, 0.1) is 17.4 Å². The van der Waals surface area contributed by atoms with E-state index in [4.69, 9.17) is 5.73 Å². The molecule has 90 valence electrons. The number of rotatable bonds is 5. The van der Waals surface area contributed by atoms with Crippen LogP contribution < -0.4 is 5.73 Å². The lowest BCUT2D eigenvalue weighted by molar-refractivity contribution is 0.312. The van der Waals surface area contributed by atoms with E-state index >= 15 is 0 Å². The van der Waals surface area contributed by atoms with E-state index < -0.39 is 5.54 Å². The molecule has 0 fully saturated rings. The second-order valence-electron chi connectivity index (χ2n) is 4.59. The smallest absolute Gasteiger partial charge is 0.141 e. The second-order valence-corrected chi connectivity index (χ2v) is 4.59. The number of halogens is 1. The Morgan fingerprint density at radius 1 is 1.44 bits per heavy atom. The van der Waals surface area contributed by atoms with Crippen molar-refractivity contribution in [2.75, 3.05) is 0 Å². The summed E-state index contributed by atoms with van der Waals surface area (Å²) in [6.07, 6.45) is 4.04. The molecule has 3 heteroatoms. The zero-order chi connectivity index (χ0) is 12.2. The maximum absolute atomic E-state index is 12.8. The van der Waals surface area contributed by atoms with E-state index in [1.54, 1.807) is 6.07 Å². The van der Waals surface area contributed by atoms with Gasteiger partial charge in [0.2, 0.25) is 0 Å². The van der Waals surface area contributed by atoms with E-state index in [9.17, 15) is 4.39 Å². The normalized spacial score (nSPS) is 16.8. The Hall–Kier alpha value is -0.960. The van der Waals surface area contributed by atoms with Crippen molar-refractivity contribution in [3.8, 4) is 0 Å². The van der Waals surface area contributed by atoms with Crippen molar-refractivity contribution in [3.63, 3.8) is 0 Å². The molecule has 0 aliphatic carbocycles. The molecule has 0 bridgehead atoms. The average Bonchev–Trinajstić information content (AvgIpc) is 2.29. The average molecular weight is 224 g/mol. The van der Waals surface area contributed by atoms with Gasteiger partial charge in [-0.05, 0) is 30.9 Å². The Morgan fingerprint density at radius 2 is 2.12 bits per heavy atom. The summed E-state index contributed by atoms with van der Waals surface area (Å²) >= 11 is 0. The van der Waals surface area contributed by atoms with Crippen molar-refractivity contribution in [2.45, 2.75) is 45.6 Å². The molecular formula is C13H21FN2. The Kier molecular flexibility index (Phi) is 4.42. The number of hydrogen-bond acceptors (Lipinski definition) is 2. The van der Waals surface area contributed by atoms with Gasteiger partial charge in [-0.1, -0.05) is 27.2 Å². The fourth-order valence-electron chi connectivity index (χ4n) is 1.87. The van der Waals surface area contributed by atoms with E-state index in [1.807, 2.05) is 6.92 Å². The molecule has 2 unspecified atom stereocenters. The van der Waals surface area contributed by atoms with Crippen LogP contribution in [0.15, 0.2) is 18.3 Å². The van der Waals surface area contributed by atoms with Crippen molar-refractivity contribution < 1.29 is 4.39 Å². The van der Waals surface area contributed by atoms with Crippen molar-refractivity contribution in [2.24, 2.45) is 11.7 Å². The summed E-state index contributed by atoms with van der Waals surface area (Å²) in [6, 6.07) is 3.12. The summed E-state index contributed by atoms with van der Waals surface area (Å²) in [7, 11) is 0. The molecule has 1 rings (SSSR count). The van der Waals surface area contributed by atoms with E-state index in [2.05, 4.69) is 18.8 Å². The first-order valence-corrected chi connectivity index (χ1v) is 5.92. The number of nitrogens with two attached hydrogens (primary N) is 1. The first-order valence-electron chi connectivity index (χ1n) is 5.92. The number of pyridine rings is 1. The Morgan fingerprint density at radius 3 is 2.56 bits per heavy atom. The predicted molar refractivity (Wildman–Crippen MR) is 64.4 cm³/mol. The van der Waals surface area contributed by atoms with Gasteiger partial charge >= 0.3 is 0 Å². The molecule has 16 heavy (non-hydrogen) atoms. The zero-order valence-corrected chi connectivity index (χ0v) is 10.3. The molecule has 0 spiro atoms. The van der Waals surface area contributed by atoms with E-state index in [0.29, 0.717) is 5.92 Å². The lowest BCUT2D eigenvalue weighted by Gasteiger charge is -2.30. The Balaban J connectivity index is 2.90. The highest BCUT2D eigenvalue weighted by molar-refractivity contribution is 5.15. The maximum Gasteiger partial charge on any atom is 0.141 e. The van der Waals surface area contributed by atoms with Gasteiger partial charge in [-0.25, -0.2) is 4.39 Å². The van der Waals surface area contributed by atoms with Crippen LogP contribution in [-0.2, 0) is 5.54 Å². The van der Waals surface area contributed by atoms with Crippen LogP contribution in [0.2, 0.25) is 0 Å². The lowest BCUT2D eigenvalue weighted by Crippen LogP contribution is -2.38. The minimum Gasteiger partial charge on any atom is -0.320 e. The Labute approximate surface area is 97.1 Å². The van der Waals surface area contributed by atoms with Gasteiger partial charge in [0.1, 0.15) is 5.82 Å². The van der Waals surface area contributed by atoms with Crippen LogP contribution in [0.3, 0.4) is 0 Å². The molecule has 0 saturated carbocycles. The van der Waals surface area contributed by atoms with E-state index in [0.717, 1.165) is 25.0 Å². The van der Waals surface area contributed by atoms with Crippen LogP contribution in [-0.4, -0.2) is 4.98 Å². The highest BCUT2D eigenvalue weighted by atomic mass is 19.1. The lowest BCUT2D eigenvalue weighted by atomic mass is 9.83. The monoisotopic (exact) mass is 224 g/mol. The summed E-state index contributed by atoms with van der Waals surface area (Å²) in [5.74, 6) is 0.238. The molecule has 1 aromatic heterocycles. The number of nitrogens with zero attached hydrogens (tertiary/aromatic N) is 1. The molecule has 0 aromatic carbocycles. The third-order valence-corrected chi connectivity index (χ3v) is 3.28. The van der Waals surface area contributed by atoms with Crippen LogP contribution in [0.4, 0.5) is 4.39 Å². The molecule has 2 N–H and O–H groups in total. The van der Waals surface area contributed by atoms with Crippen molar-refractivity contribution in [1.29, 1.82) is 0 Å². The topological polar surface area (TPSA) is 38.9 Å². The summed E-state index contributed by atoms with van der Waals surface area (Å²) in [6.45, 7) is 6.38.